The molecular formula is C18H27NO2. The quantitative estimate of drug-likeness (QED) is 0.776. The van der Waals surface area contributed by atoms with Gasteiger partial charge in [0.15, 0.2) is 11.5 Å². The van der Waals surface area contributed by atoms with Crippen molar-refractivity contribution in [1.29, 1.82) is 0 Å². The summed E-state index contributed by atoms with van der Waals surface area (Å²) in [5, 5.41) is 0. The van der Waals surface area contributed by atoms with Crippen LogP contribution in [0, 0.1) is 0 Å². The molecule has 0 aromatic heterocycles. The molecule has 1 aliphatic heterocycles. The summed E-state index contributed by atoms with van der Waals surface area (Å²) < 4.78 is 11.8. The highest BCUT2D eigenvalue weighted by Gasteiger charge is 2.26. The topological polar surface area (TPSA) is 30.8 Å². The highest BCUT2D eigenvalue weighted by atomic mass is 16.5. The molecule has 0 bridgehead atoms. The maximum Gasteiger partial charge on any atom is 0.161 e. The minimum Gasteiger partial charge on any atom is -0.490 e. The number of nitrogens with zero attached hydrogens (tertiary/aromatic N) is 1. The second-order valence-corrected chi connectivity index (χ2v) is 6.34. The van der Waals surface area contributed by atoms with Crippen molar-refractivity contribution in [3.8, 4) is 11.5 Å². The minimum atomic E-state index is -0.0368. The fourth-order valence-electron chi connectivity index (χ4n) is 2.75. The van der Waals surface area contributed by atoms with Crippen LogP contribution in [-0.4, -0.2) is 24.5 Å². The first-order chi connectivity index (χ1) is 9.96. The molecule has 0 atom stereocenters. The van der Waals surface area contributed by atoms with E-state index in [9.17, 15) is 0 Å². The number of benzene rings is 1. The van der Waals surface area contributed by atoms with Crippen LogP contribution >= 0.6 is 0 Å². The zero-order valence-electron chi connectivity index (χ0n) is 14.0. The van der Waals surface area contributed by atoms with E-state index in [4.69, 9.17) is 14.5 Å². The second-order valence-electron chi connectivity index (χ2n) is 6.34. The lowest BCUT2D eigenvalue weighted by molar-refractivity contribution is 0.268. The van der Waals surface area contributed by atoms with Gasteiger partial charge in [0.2, 0.25) is 0 Å². The van der Waals surface area contributed by atoms with E-state index in [1.807, 2.05) is 0 Å². The maximum atomic E-state index is 5.89. The summed E-state index contributed by atoms with van der Waals surface area (Å²) in [6.07, 6.45) is 2.93. The van der Waals surface area contributed by atoms with E-state index in [0.29, 0.717) is 6.61 Å². The first-order valence-corrected chi connectivity index (χ1v) is 7.96. The van der Waals surface area contributed by atoms with Crippen LogP contribution in [0.25, 0.3) is 0 Å². The van der Waals surface area contributed by atoms with Gasteiger partial charge in [-0.1, -0.05) is 13.8 Å². The molecule has 0 saturated heterocycles. The molecule has 1 aromatic carbocycles. The van der Waals surface area contributed by atoms with Crippen molar-refractivity contribution >= 4 is 5.71 Å². The summed E-state index contributed by atoms with van der Waals surface area (Å²) in [5.41, 5.74) is 3.56. The Labute approximate surface area is 128 Å². The molecule has 21 heavy (non-hydrogen) atoms. The molecule has 1 aliphatic rings. The Morgan fingerprint density at radius 1 is 1.05 bits per heavy atom. The molecule has 0 N–H and O–H groups in total. The van der Waals surface area contributed by atoms with Crippen molar-refractivity contribution in [1.82, 2.24) is 0 Å². The highest BCUT2D eigenvalue weighted by Crippen LogP contribution is 2.36. The van der Waals surface area contributed by atoms with Crippen LogP contribution in [0.2, 0.25) is 0 Å². The van der Waals surface area contributed by atoms with Crippen molar-refractivity contribution in [3.63, 3.8) is 0 Å². The Bertz CT molecular complexity index is 532. The molecule has 1 aromatic rings. The number of hydrogen-bond acceptors (Lipinski definition) is 3. The summed E-state index contributed by atoms with van der Waals surface area (Å²) >= 11 is 0. The highest BCUT2D eigenvalue weighted by molar-refractivity contribution is 6.01. The predicted octanol–water partition coefficient (Wildman–Crippen LogP) is 4.41. The molecule has 2 rings (SSSR count). The molecule has 116 valence electrons. The van der Waals surface area contributed by atoms with E-state index >= 15 is 0 Å². The van der Waals surface area contributed by atoms with Crippen molar-refractivity contribution in [2.24, 2.45) is 4.99 Å². The maximum absolute atomic E-state index is 5.89. The lowest BCUT2D eigenvalue weighted by Gasteiger charge is -2.29. The van der Waals surface area contributed by atoms with E-state index in [0.717, 1.165) is 43.1 Å². The Morgan fingerprint density at radius 3 is 2.19 bits per heavy atom. The summed E-state index contributed by atoms with van der Waals surface area (Å²) in [6.45, 7) is 12.1. The number of hydrogen-bond donors (Lipinski definition) is 0. The Balaban J connectivity index is 2.40. The number of ether oxygens (including phenoxy) is 2. The summed E-state index contributed by atoms with van der Waals surface area (Å²) in [6, 6.07) is 4.25. The van der Waals surface area contributed by atoms with Crippen LogP contribution in [0.15, 0.2) is 17.1 Å². The van der Waals surface area contributed by atoms with Gasteiger partial charge in [0.1, 0.15) is 0 Å². The van der Waals surface area contributed by atoms with Gasteiger partial charge >= 0.3 is 0 Å². The van der Waals surface area contributed by atoms with Gasteiger partial charge in [-0.15, -0.1) is 0 Å². The number of aliphatic imine (C=N–C) groups is 1. The molecule has 0 unspecified atom stereocenters. The summed E-state index contributed by atoms with van der Waals surface area (Å²) in [4.78, 5) is 4.79. The molecule has 0 spiro atoms. The van der Waals surface area contributed by atoms with Crippen LogP contribution in [0.4, 0.5) is 0 Å². The van der Waals surface area contributed by atoms with E-state index in [-0.39, 0.29) is 5.54 Å². The SMILES string of the molecule is CCCOc1cc2c(cc1OCCC)C(C)=NC(C)(C)C2. The van der Waals surface area contributed by atoms with Crippen molar-refractivity contribution in [2.75, 3.05) is 13.2 Å². The number of rotatable bonds is 6. The largest absolute Gasteiger partial charge is 0.490 e. The Kier molecular flexibility index (Phi) is 4.92. The van der Waals surface area contributed by atoms with Crippen LogP contribution < -0.4 is 9.47 Å². The van der Waals surface area contributed by atoms with Gasteiger partial charge in [-0.3, -0.25) is 4.99 Å². The molecule has 0 fully saturated rings. The van der Waals surface area contributed by atoms with Gasteiger partial charge in [0.05, 0.1) is 18.8 Å². The molecular weight excluding hydrogens is 262 g/mol. The Morgan fingerprint density at radius 2 is 1.62 bits per heavy atom. The fraction of sp³-hybridized carbons (Fsp3) is 0.611. The van der Waals surface area contributed by atoms with Crippen LogP contribution in [0.1, 0.15) is 58.6 Å². The standard InChI is InChI=1S/C18H27NO2/c1-6-8-20-16-10-14-12-18(4,5)19-13(3)15(14)11-17(16)21-9-7-2/h10-11H,6-9,12H2,1-5H3. The lowest BCUT2D eigenvalue weighted by Crippen LogP contribution is -2.28. The Hall–Kier alpha value is -1.51. The third kappa shape index (κ3) is 3.78. The minimum absolute atomic E-state index is 0.0368. The average molecular weight is 289 g/mol. The first kappa shape index (κ1) is 15.9. The van der Waals surface area contributed by atoms with Crippen molar-refractivity contribution < 1.29 is 9.47 Å². The average Bonchev–Trinajstić information content (AvgIpc) is 2.41. The van der Waals surface area contributed by atoms with E-state index < -0.39 is 0 Å². The molecule has 0 saturated carbocycles. The van der Waals surface area contributed by atoms with Gasteiger partial charge in [-0.05, 0) is 57.7 Å². The molecule has 3 nitrogen and oxygen atoms in total. The molecule has 0 aliphatic carbocycles. The van der Waals surface area contributed by atoms with Gasteiger partial charge < -0.3 is 9.47 Å². The number of fused-ring (bicyclic) bond motifs is 1. The fourth-order valence-corrected chi connectivity index (χ4v) is 2.75. The van der Waals surface area contributed by atoms with Gasteiger partial charge in [0, 0.05) is 11.3 Å². The van der Waals surface area contributed by atoms with Gasteiger partial charge in [0.25, 0.3) is 0 Å². The smallest absolute Gasteiger partial charge is 0.161 e. The van der Waals surface area contributed by atoms with Crippen LogP contribution in [-0.2, 0) is 6.42 Å². The first-order valence-electron chi connectivity index (χ1n) is 7.96. The monoisotopic (exact) mass is 289 g/mol. The molecule has 0 radical (unpaired) electrons. The van der Waals surface area contributed by atoms with Gasteiger partial charge in [-0.2, -0.15) is 0 Å². The lowest BCUT2D eigenvalue weighted by atomic mass is 9.87. The van der Waals surface area contributed by atoms with E-state index in [1.54, 1.807) is 0 Å². The molecule has 3 heteroatoms. The van der Waals surface area contributed by atoms with Crippen LogP contribution in [0.3, 0.4) is 0 Å². The predicted molar refractivity (Wildman–Crippen MR) is 88.0 cm³/mol. The summed E-state index contributed by atoms with van der Waals surface area (Å²) in [5.74, 6) is 1.72. The van der Waals surface area contributed by atoms with Crippen LogP contribution in [0.5, 0.6) is 11.5 Å². The second kappa shape index (κ2) is 6.50. The third-order valence-electron chi connectivity index (χ3n) is 3.58. The van der Waals surface area contributed by atoms with E-state index in [2.05, 4.69) is 46.8 Å². The van der Waals surface area contributed by atoms with Gasteiger partial charge in [-0.25, -0.2) is 0 Å². The van der Waals surface area contributed by atoms with Crippen molar-refractivity contribution in [2.45, 2.75) is 59.4 Å². The third-order valence-corrected chi connectivity index (χ3v) is 3.58. The molecule has 1 heterocycles. The zero-order valence-corrected chi connectivity index (χ0v) is 14.0. The zero-order chi connectivity index (χ0) is 15.5. The normalized spacial score (nSPS) is 16.1. The van der Waals surface area contributed by atoms with E-state index in [1.165, 1.54) is 11.1 Å². The van der Waals surface area contributed by atoms with Crippen molar-refractivity contribution in [3.05, 3.63) is 23.3 Å². The molecule has 0 amide bonds. The summed E-state index contributed by atoms with van der Waals surface area (Å²) in [7, 11) is 0.